The largest absolute Gasteiger partial charge is 0.501 e. The Morgan fingerprint density at radius 1 is 0.759 bits per heavy atom. The maximum absolute atomic E-state index is 13.8. The van der Waals surface area contributed by atoms with Crippen LogP contribution in [0.1, 0.15) is 65.9 Å². The van der Waals surface area contributed by atoms with Crippen LogP contribution in [0.4, 0.5) is 4.39 Å². The Morgan fingerprint density at radius 2 is 1.50 bits per heavy atom. The number of fused-ring (bicyclic) bond motifs is 6. The summed E-state index contributed by atoms with van der Waals surface area (Å²) in [5.74, 6) is 0.814. The summed E-state index contributed by atoms with van der Waals surface area (Å²) < 4.78 is 44.2. The van der Waals surface area contributed by atoms with Gasteiger partial charge < -0.3 is 14.0 Å². The molecule has 0 saturated heterocycles. The van der Waals surface area contributed by atoms with Gasteiger partial charge in [0.2, 0.25) is 0 Å². The van der Waals surface area contributed by atoms with E-state index in [2.05, 4.69) is 104 Å². The maximum Gasteiger partial charge on any atom is 0.169 e. The summed E-state index contributed by atoms with van der Waals surface area (Å²) in [6.45, 7) is 8.58. The van der Waals surface area contributed by atoms with Gasteiger partial charge in [-0.3, -0.25) is 9.37 Å². The minimum absolute atomic E-state index is 0. The molecule has 0 aliphatic heterocycles. The standard InChI is InChI=1S/C34H28N3O.C13H11FN.Ir/c1-20(2)23-14-9-15-24(21(3)4)30(23)37-31-25-12-6-5-11-22(25)19-35-33(31)36-34(37)28-17-10-16-27-26-13-7-8-18-29(26)38-32(27)28;1-9-3-5-11(12(14)7-9)13-6-4-10(2)8-15-13;/h5-16,18-21H,1-4H3;3-4,6-8H,1-2H3;/q2*-1;/i;1D3;. The molecule has 7 heteroatoms. The van der Waals surface area contributed by atoms with E-state index in [-0.39, 0.29) is 31.2 Å². The number of nitrogens with zero attached hydrogens (tertiary/aromatic N) is 4. The Bertz CT molecular complexity index is 2870. The van der Waals surface area contributed by atoms with Crippen molar-refractivity contribution in [3.05, 3.63) is 156 Å². The summed E-state index contributed by atoms with van der Waals surface area (Å²) in [5.41, 5.74) is 9.49. The van der Waals surface area contributed by atoms with Crippen LogP contribution < -0.4 is 0 Å². The van der Waals surface area contributed by atoms with E-state index in [1.54, 1.807) is 12.3 Å². The van der Waals surface area contributed by atoms with Gasteiger partial charge >= 0.3 is 0 Å². The molecule has 0 spiro atoms. The summed E-state index contributed by atoms with van der Waals surface area (Å²) >= 11 is 0. The van der Waals surface area contributed by atoms with Gasteiger partial charge in [0.05, 0.1) is 16.9 Å². The van der Waals surface area contributed by atoms with E-state index in [0.29, 0.717) is 23.2 Å². The van der Waals surface area contributed by atoms with Crippen LogP contribution in [0.3, 0.4) is 0 Å². The van der Waals surface area contributed by atoms with Gasteiger partial charge in [-0.25, -0.2) is 4.98 Å². The number of rotatable bonds is 5. The SMILES string of the molecule is CC(C)c1cccc(C(C)C)c1-n1c(-c2[c-]ccc3c2oc2ccccc23)nc2ncc3ccccc3c21.[2H]C([2H])([2H])c1c[c-]c(-c2ccc(C)cn2)c(F)c1.[Ir]. The van der Waals surface area contributed by atoms with Crippen LogP contribution in [-0.2, 0) is 20.1 Å². The average Bonchev–Trinajstić information content (AvgIpc) is 3.77. The summed E-state index contributed by atoms with van der Waals surface area (Å²) in [6.07, 6.45) is 3.54. The Balaban J connectivity index is 0.000000221. The minimum Gasteiger partial charge on any atom is -0.501 e. The molecule has 0 saturated carbocycles. The second-order valence-corrected chi connectivity index (χ2v) is 13.9. The van der Waals surface area contributed by atoms with Gasteiger partial charge in [-0.15, -0.1) is 42.0 Å². The van der Waals surface area contributed by atoms with Crippen molar-refractivity contribution < 1.29 is 33.0 Å². The van der Waals surface area contributed by atoms with Gasteiger partial charge in [0, 0.05) is 64.3 Å². The average molecular weight is 890 g/mol. The van der Waals surface area contributed by atoms with E-state index >= 15 is 0 Å². The fourth-order valence-corrected chi connectivity index (χ4v) is 6.99. The van der Waals surface area contributed by atoms with Gasteiger partial charge in [0.1, 0.15) is 5.58 Å². The second-order valence-electron chi connectivity index (χ2n) is 13.9. The number of aromatic nitrogens is 4. The molecule has 4 aromatic heterocycles. The molecule has 5 nitrogen and oxygen atoms in total. The van der Waals surface area contributed by atoms with Crippen molar-refractivity contribution in [3.63, 3.8) is 0 Å². The third-order valence-corrected chi connectivity index (χ3v) is 9.59. The van der Waals surface area contributed by atoms with E-state index in [1.165, 1.54) is 22.9 Å². The number of halogens is 1. The molecule has 0 unspecified atom stereocenters. The third-order valence-electron chi connectivity index (χ3n) is 9.59. The zero-order valence-corrected chi connectivity index (χ0v) is 32.9. The van der Waals surface area contributed by atoms with E-state index in [1.807, 2.05) is 43.5 Å². The minimum atomic E-state index is -2.32. The van der Waals surface area contributed by atoms with Gasteiger partial charge in [-0.1, -0.05) is 124 Å². The van der Waals surface area contributed by atoms with Gasteiger partial charge in [-0.2, -0.15) is 0 Å². The molecule has 271 valence electrons. The number of aryl methyl sites for hydroxylation is 2. The summed E-state index contributed by atoms with van der Waals surface area (Å²) in [6, 6.07) is 39.3. The molecule has 54 heavy (non-hydrogen) atoms. The zero-order valence-electron chi connectivity index (χ0n) is 33.5. The number of para-hydroxylation sites is 2. The number of pyridine rings is 2. The molecule has 0 aliphatic carbocycles. The van der Waals surface area contributed by atoms with E-state index < -0.39 is 12.7 Å². The Labute approximate surface area is 332 Å². The molecule has 0 amide bonds. The third kappa shape index (κ3) is 6.63. The maximum atomic E-state index is 13.8. The quantitative estimate of drug-likeness (QED) is 0.162. The molecular formula is C47H39FIrN4O-2. The Hall–Kier alpha value is -5.49. The molecule has 5 aromatic carbocycles. The summed E-state index contributed by atoms with van der Waals surface area (Å²) in [4.78, 5) is 14.1. The monoisotopic (exact) mass is 890 g/mol. The molecule has 4 heterocycles. The molecule has 0 bridgehead atoms. The van der Waals surface area contributed by atoms with Crippen molar-refractivity contribution in [2.24, 2.45) is 0 Å². The normalized spacial score (nSPS) is 12.5. The fraction of sp³-hybridized carbons (Fsp3) is 0.170. The first-order chi connectivity index (χ1) is 26.9. The number of furan rings is 1. The molecule has 0 atom stereocenters. The van der Waals surface area contributed by atoms with Crippen LogP contribution in [0.15, 0.2) is 120 Å². The van der Waals surface area contributed by atoms with Crippen LogP contribution in [0.5, 0.6) is 0 Å². The van der Waals surface area contributed by atoms with Gasteiger partial charge in [0.15, 0.2) is 5.65 Å². The van der Waals surface area contributed by atoms with E-state index in [9.17, 15) is 4.39 Å². The van der Waals surface area contributed by atoms with Crippen molar-refractivity contribution in [2.45, 2.75) is 53.3 Å². The predicted molar refractivity (Wildman–Crippen MR) is 214 cm³/mol. The first-order valence-corrected chi connectivity index (χ1v) is 17.8. The number of hydrogen-bond donors (Lipinski definition) is 0. The van der Waals surface area contributed by atoms with E-state index in [4.69, 9.17) is 18.5 Å². The van der Waals surface area contributed by atoms with Crippen molar-refractivity contribution >= 4 is 43.9 Å². The topological polar surface area (TPSA) is 56.7 Å². The van der Waals surface area contributed by atoms with Crippen LogP contribution in [0.2, 0.25) is 0 Å². The number of imidazole rings is 1. The molecule has 0 N–H and O–H groups in total. The first-order valence-electron chi connectivity index (χ1n) is 19.3. The van der Waals surface area contributed by atoms with Gasteiger partial charge in [0.25, 0.3) is 0 Å². The molecule has 9 aromatic rings. The molecule has 0 fully saturated rings. The number of hydrogen-bond acceptors (Lipinski definition) is 4. The molecule has 9 rings (SSSR count). The molecule has 1 radical (unpaired) electrons. The smallest absolute Gasteiger partial charge is 0.169 e. The van der Waals surface area contributed by atoms with Crippen molar-refractivity contribution in [3.8, 4) is 28.3 Å². The van der Waals surface area contributed by atoms with Crippen molar-refractivity contribution in [1.82, 2.24) is 19.5 Å². The summed E-state index contributed by atoms with van der Waals surface area (Å²) in [7, 11) is 0. The summed E-state index contributed by atoms with van der Waals surface area (Å²) in [5, 5.41) is 4.37. The fourth-order valence-electron chi connectivity index (χ4n) is 6.99. The Morgan fingerprint density at radius 3 is 2.20 bits per heavy atom. The van der Waals surface area contributed by atoms with Crippen molar-refractivity contribution in [1.29, 1.82) is 0 Å². The van der Waals surface area contributed by atoms with E-state index in [0.717, 1.165) is 61.2 Å². The molecular weight excluding hydrogens is 848 g/mol. The van der Waals surface area contributed by atoms with Crippen LogP contribution in [0, 0.1) is 31.7 Å². The van der Waals surface area contributed by atoms with Gasteiger partial charge in [-0.05, 0) is 47.2 Å². The van der Waals surface area contributed by atoms with Crippen LogP contribution >= 0.6 is 0 Å². The zero-order chi connectivity index (χ0) is 39.3. The predicted octanol–water partition coefficient (Wildman–Crippen LogP) is 12.5. The first kappa shape index (κ1) is 33.1. The van der Waals surface area contributed by atoms with Crippen molar-refractivity contribution in [2.75, 3.05) is 0 Å². The van der Waals surface area contributed by atoms with Crippen LogP contribution in [-0.4, -0.2) is 19.5 Å². The second kappa shape index (κ2) is 15.1. The Kier molecular flexibility index (Phi) is 9.25. The number of benzene rings is 5. The molecule has 0 aliphatic rings. The van der Waals surface area contributed by atoms with Crippen LogP contribution in [0.25, 0.3) is 72.2 Å².